The molecule has 1 aliphatic rings. The predicted molar refractivity (Wildman–Crippen MR) is 71.5 cm³/mol. The summed E-state index contributed by atoms with van der Waals surface area (Å²) in [6, 6.07) is 3.89. The van der Waals surface area contributed by atoms with E-state index in [0.717, 1.165) is 13.1 Å². The van der Waals surface area contributed by atoms with Crippen LogP contribution >= 0.6 is 0 Å². The molecule has 2 rings (SSSR count). The van der Waals surface area contributed by atoms with Gasteiger partial charge in [0.2, 0.25) is 0 Å². The average molecular weight is 247 g/mol. The highest BCUT2D eigenvalue weighted by molar-refractivity contribution is 5.93. The van der Waals surface area contributed by atoms with Gasteiger partial charge in [-0.3, -0.25) is 14.7 Å². The lowest BCUT2D eigenvalue weighted by atomic mass is 10.1. The van der Waals surface area contributed by atoms with E-state index in [1.165, 1.54) is 19.3 Å². The highest BCUT2D eigenvalue weighted by Gasteiger charge is 2.17. The monoisotopic (exact) mass is 247 g/mol. The minimum absolute atomic E-state index is 0.0127. The molecule has 1 unspecified atom stereocenters. The maximum Gasteiger partial charge on any atom is 0.251 e. The molecule has 1 aromatic rings. The second-order valence-electron chi connectivity index (χ2n) is 4.89. The number of amides is 1. The first-order valence-corrected chi connectivity index (χ1v) is 6.69. The Morgan fingerprint density at radius 2 is 2.00 bits per heavy atom. The minimum atomic E-state index is -0.0127. The molecule has 1 atom stereocenters. The van der Waals surface area contributed by atoms with Gasteiger partial charge in [0.15, 0.2) is 0 Å². The summed E-state index contributed by atoms with van der Waals surface area (Å²) < 4.78 is 0. The van der Waals surface area contributed by atoms with Crippen LogP contribution in [0.1, 0.15) is 36.5 Å². The van der Waals surface area contributed by atoms with Crippen molar-refractivity contribution >= 4 is 5.91 Å². The van der Waals surface area contributed by atoms with Crippen LogP contribution in [0.4, 0.5) is 0 Å². The van der Waals surface area contributed by atoms with Crippen molar-refractivity contribution in [1.29, 1.82) is 0 Å². The van der Waals surface area contributed by atoms with Crippen molar-refractivity contribution in [3.8, 4) is 0 Å². The van der Waals surface area contributed by atoms with Crippen LogP contribution in [0.15, 0.2) is 24.5 Å². The lowest BCUT2D eigenvalue weighted by Crippen LogP contribution is -2.44. The summed E-state index contributed by atoms with van der Waals surface area (Å²) in [6.07, 6.45) is 7.18. The molecule has 98 valence electrons. The Kier molecular flexibility index (Phi) is 4.70. The molecule has 0 aliphatic carbocycles. The van der Waals surface area contributed by atoms with Crippen molar-refractivity contribution in [3.63, 3.8) is 0 Å². The van der Waals surface area contributed by atoms with E-state index in [1.807, 2.05) is 0 Å². The second kappa shape index (κ2) is 6.50. The van der Waals surface area contributed by atoms with Gasteiger partial charge in [-0.25, -0.2) is 0 Å². The zero-order valence-corrected chi connectivity index (χ0v) is 10.9. The van der Waals surface area contributed by atoms with Crippen LogP contribution in [0.2, 0.25) is 0 Å². The Hall–Kier alpha value is -1.42. The minimum Gasteiger partial charge on any atom is -0.350 e. The van der Waals surface area contributed by atoms with Crippen molar-refractivity contribution < 1.29 is 4.79 Å². The first-order valence-electron chi connectivity index (χ1n) is 6.69. The summed E-state index contributed by atoms with van der Waals surface area (Å²) in [4.78, 5) is 18.2. The maximum atomic E-state index is 11.9. The quantitative estimate of drug-likeness (QED) is 0.880. The molecular formula is C14H21N3O. The van der Waals surface area contributed by atoms with E-state index in [2.05, 4.69) is 22.1 Å². The average Bonchev–Trinajstić information content (AvgIpc) is 2.46. The fourth-order valence-corrected chi connectivity index (χ4v) is 2.33. The number of aromatic nitrogens is 1. The number of nitrogens with one attached hydrogen (secondary N) is 1. The van der Waals surface area contributed by atoms with E-state index in [-0.39, 0.29) is 5.91 Å². The van der Waals surface area contributed by atoms with Gasteiger partial charge >= 0.3 is 0 Å². The van der Waals surface area contributed by atoms with Crippen molar-refractivity contribution in [2.75, 3.05) is 19.6 Å². The second-order valence-corrected chi connectivity index (χ2v) is 4.89. The lowest BCUT2D eigenvalue weighted by molar-refractivity contribution is 0.0930. The molecule has 4 heteroatoms. The summed E-state index contributed by atoms with van der Waals surface area (Å²) in [7, 11) is 0. The fourth-order valence-electron chi connectivity index (χ4n) is 2.33. The van der Waals surface area contributed by atoms with Crippen LogP contribution in [0.3, 0.4) is 0 Å². The first-order chi connectivity index (χ1) is 8.77. The Labute approximate surface area is 108 Å². The molecule has 0 radical (unpaired) electrons. The van der Waals surface area contributed by atoms with Crippen LogP contribution < -0.4 is 5.32 Å². The van der Waals surface area contributed by atoms with E-state index >= 15 is 0 Å². The van der Waals surface area contributed by atoms with E-state index in [0.29, 0.717) is 18.2 Å². The molecule has 1 amide bonds. The summed E-state index contributed by atoms with van der Waals surface area (Å²) in [6.45, 7) is 5.21. The third kappa shape index (κ3) is 3.53. The number of likely N-dealkylation sites (tertiary alicyclic amines) is 1. The Balaban J connectivity index is 1.78. The molecule has 1 N–H and O–H groups in total. The third-order valence-electron chi connectivity index (χ3n) is 3.51. The Morgan fingerprint density at radius 1 is 1.33 bits per heavy atom. The van der Waals surface area contributed by atoms with E-state index in [4.69, 9.17) is 0 Å². The summed E-state index contributed by atoms with van der Waals surface area (Å²) in [5.74, 6) is -0.0127. The molecule has 0 aromatic carbocycles. The number of nitrogens with zero attached hydrogens (tertiary/aromatic N) is 2. The largest absolute Gasteiger partial charge is 0.350 e. The number of hydrogen-bond acceptors (Lipinski definition) is 3. The first kappa shape index (κ1) is 13.0. The summed E-state index contributed by atoms with van der Waals surface area (Å²) in [5, 5.41) is 2.99. The van der Waals surface area contributed by atoms with Gasteiger partial charge in [0, 0.05) is 30.5 Å². The number of hydrogen-bond donors (Lipinski definition) is 1. The molecule has 1 fully saturated rings. The van der Waals surface area contributed by atoms with Crippen molar-refractivity contribution in [1.82, 2.24) is 15.2 Å². The number of piperidine rings is 1. The van der Waals surface area contributed by atoms with E-state index in [1.54, 1.807) is 24.5 Å². The highest BCUT2D eigenvalue weighted by Crippen LogP contribution is 2.11. The van der Waals surface area contributed by atoms with Gasteiger partial charge in [0.25, 0.3) is 5.91 Å². The van der Waals surface area contributed by atoms with Crippen molar-refractivity contribution in [3.05, 3.63) is 30.1 Å². The number of carbonyl (C=O) groups is 1. The predicted octanol–water partition coefficient (Wildman–Crippen LogP) is 1.69. The zero-order chi connectivity index (χ0) is 12.8. The van der Waals surface area contributed by atoms with Gasteiger partial charge in [0.05, 0.1) is 0 Å². The molecular weight excluding hydrogens is 226 g/mol. The molecule has 0 spiro atoms. The third-order valence-corrected chi connectivity index (χ3v) is 3.51. The van der Waals surface area contributed by atoms with Gasteiger partial charge in [-0.2, -0.15) is 0 Å². The molecule has 1 aliphatic heterocycles. The van der Waals surface area contributed by atoms with Crippen molar-refractivity contribution in [2.24, 2.45) is 0 Å². The summed E-state index contributed by atoms with van der Waals surface area (Å²) >= 11 is 0. The molecule has 0 bridgehead atoms. The van der Waals surface area contributed by atoms with Crippen LogP contribution in [-0.4, -0.2) is 41.5 Å². The fraction of sp³-hybridized carbons (Fsp3) is 0.571. The maximum absolute atomic E-state index is 11.9. The molecule has 2 heterocycles. The van der Waals surface area contributed by atoms with Crippen molar-refractivity contribution in [2.45, 2.75) is 32.2 Å². The Morgan fingerprint density at radius 3 is 2.67 bits per heavy atom. The highest BCUT2D eigenvalue weighted by atomic mass is 16.1. The van der Waals surface area contributed by atoms with Gasteiger partial charge in [-0.05, 0) is 45.0 Å². The molecule has 0 saturated carbocycles. The van der Waals surface area contributed by atoms with Gasteiger partial charge in [-0.15, -0.1) is 0 Å². The zero-order valence-electron chi connectivity index (χ0n) is 10.9. The van der Waals surface area contributed by atoms with E-state index in [9.17, 15) is 4.79 Å². The van der Waals surface area contributed by atoms with Gasteiger partial charge in [0.1, 0.15) is 0 Å². The Bertz CT molecular complexity index is 374. The van der Waals surface area contributed by atoms with E-state index < -0.39 is 0 Å². The topological polar surface area (TPSA) is 45.2 Å². The SMILES string of the molecule is CC(CNC(=O)c1ccncc1)N1CCCCC1. The smallest absolute Gasteiger partial charge is 0.251 e. The van der Waals surface area contributed by atoms with Gasteiger partial charge in [-0.1, -0.05) is 6.42 Å². The standard InChI is InChI=1S/C14H21N3O/c1-12(17-9-3-2-4-10-17)11-16-14(18)13-5-7-15-8-6-13/h5-8,12H,2-4,9-11H2,1H3,(H,16,18). The molecule has 4 nitrogen and oxygen atoms in total. The normalized spacial score (nSPS) is 18.3. The van der Waals surface area contributed by atoms with Crippen LogP contribution in [0.25, 0.3) is 0 Å². The van der Waals surface area contributed by atoms with Crippen LogP contribution in [-0.2, 0) is 0 Å². The lowest BCUT2D eigenvalue weighted by Gasteiger charge is -2.32. The molecule has 1 saturated heterocycles. The van der Waals surface area contributed by atoms with Crippen LogP contribution in [0, 0.1) is 0 Å². The van der Waals surface area contributed by atoms with Crippen LogP contribution in [0.5, 0.6) is 0 Å². The number of pyridine rings is 1. The molecule has 1 aromatic heterocycles. The number of rotatable bonds is 4. The molecule has 18 heavy (non-hydrogen) atoms. The summed E-state index contributed by atoms with van der Waals surface area (Å²) in [5.41, 5.74) is 0.677. The number of carbonyl (C=O) groups excluding carboxylic acids is 1. The van der Waals surface area contributed by atoms with Gasteiger partial charge < -0.3 is 5.32 Å².